The highest BCUT2D eigenvalue weighted by atomic mass is 32.1. The molecule has 2 heterocycles. The fourth-order valence-corrected chi connectivity index (χ4v) is 3.04. The highest BCUT2D eigenvalue weighted by molar-refractivity contribution is 7.18. The lowest BCUT2D eigenvalue weighted by Crippen LogP contribution is -2.25. The van der Waals surface area contributed by atoms with Crippen LogP contribution in [-0.2, 0) is 4.74 Å². The van der Waals surface area contributed by atoms with Crippen molar-refractivity contribution in [2.75, 3.05) is 24.5 Å². The van der Waals surface area contributed by atoms with Gasteiger partial charge in [-0.05, 0) is 19.4 Å². The van der Waals surface area contributed by atoms with E-state index in [1.165, 1.54) is 4.88 Å². The summed E-state index contributed by atoms with van der Waals surface area (Å²) in [4.78, 5) is 10.9. The maximum Gasteiger partial charge on any atom is 0.240 e. The first-order valence-corrected chi connectivity index (χ1v) is 7.49. The average molecular weight is 295 g/mol. The number of nitrogens with one attached hydrogen (secondary N) is 2. The number of aryl methyl sites for hydroxylation is 1. The van der Waals surface area contributed by atoms with E-state index in [0.717, 1.165) is 28.9 Å². The van der Waals surface area contributed by atoms with Crippen LogP contribution in [0, 0.1) is 6.92 Å². The standard InChI is InChI=1S/C13H21N5OS/c1-4-5-9(7-19-3)15-11-10-6-8(2)20-12(10)17-13(16-11)18-14/h6,9H,4-5,7,14H2,1-3H3,(H2,15,16,17,18). The molecule has 0 aliphatic heterocycles. The van der Waals surface area contributed by atoms with Crippen LogP contribution in [0.3, 0.4) is 0 Å². The summed E-state index contributed by atoms with van der Waals surface area (Å²) in [5.74, 6) is 6.68. The number of fused-ring (bicyclic) bond motifs is 1. The molecule has 2 rings (SSSR count). The van der Waals surface area contributed by atoms with Crippen LogP contribution in [0.4, 0.5) is 11.8 Å². The van der Waals surface area contributed by atoms with E-state index in [-0.39, 0.29) is 6.04 Å². The van der Waals surface area contributed by atoms with Gasteiger partial charge in [-0.25, -0.2) is 10.8 Å². The Bertz CT molecular complexity index is 565. The van der Waals surface area contributed by atoms with Gasteiger partial charge in [0.1, 0.15) is 10.6 Å². The molecule has 20 heavy (non-hydrogen) atoms. The Morgan fingerprint density at radius 3 is 2.90 bits per heavy atom. The fraction of sp³-hybridized carbons (Fsp3) is 0.538. The Balaban J connectivity index is 2.35. The number of aromatic nitrogens is 2. The topological polar surface area (TPSA) is 85.1 Å². The zero-order valence-corrected chi connectivity index (χ0v) is 12.9. The maximum atomic E-state index is 5.44. The summed E-state index contributed by atoms with van der Waals surface area (Å²) in [6, 6.07) is 2.33. The predicted octanol–water partition coefficient (Wildman–Crippen LogP) is 2.51. The molecule has 0 aromatic carbocycles. The minimum absolute atomic E-state index is 0.230. The predicted molar refractivity (Wildman–Crippen MR) is 84.2 cm³/mol. The molecular formula is C13H21N5OS. The van der Waals surface area contributed by atoms with E-state index < -0.39 is 0 Å². The van der Waals surface area contributed by atoms with Gasteiger partial charge in [-0.3, -0.25) is 5.43 Å². The second-order valence-corrected chi connectivity index (χ2v) is 5.94. The van der Waals surface area contributed by atoms with Gasteiger partial charge in [-0.2, -0.15) is 4.98 Å². The average Bonchev–Trinajstić information content (AvgIpc) is 2.79. The number of anilines is 2. The number of methoxy groups -OCH3 is 1. The quantitative estimate of drug-likeness (QED) is 0.537. The van der Waals surface area contributed by atoms with Crippen molar-refractivity contribution < 1.29 is 4.74 Å². The number of nitrogen functional groups attached to an aromatic ring is 1. The summed E-state index contributed by atoms with van der Waals surface area (Å²) in [5.41, 5.74) is 2.52. The van der Waals surface area contributed by atoms with E-state index in [4.69, 9.17) is 10.6 Å². The van der Waals surface area contributed by atoms with Crippen LogP contribution >= 0.6 is 11.3 Å². The van der Waals surface area contributed by atoms with Crippen molar-refractivity contribution in [1.29, 1.82) is 0 Å². The molecule has 1 atom stereocenters. The molecule has 1 unspecified atom stereocenters. The van der Waals surface area contributed by atoms with Crippen molar-refractivity contribution in [3.8, 4) is 0 Å². The first kappa shape index (κ1) is 15.0. The van der Waals surface area contributed by atoms with Crippen molar-refractivity contribution in [1.82, 2.24) is 9.97 Å². The van der Waals surface area contributed by atoms with Crippen LogP contribution < -0.4 is 16.6 Å². The number of thiophene rings is 1. The van der Waals surface area contributed by atoms with Crippen LogP contribution in [0.1, 0.15) is 24.6 Å². The van der Waals surface area contributed by atoms with Crippen molar-refractivity contribution in [3.63, 3.8) is 0 Å². The molecule has 0 aliphatic rings. The zero-order valence-electron chi connectivity index (χ0n) is 12.1. The molecule has 0 aliphatic carbocycles. The van der Waals surface area contributed by atoms with Gasteiger partial charge in [0.2, 0.25) is 5.95 Å². The number of nitrogens with two attached hydrogens (primary N) is 1. The number of rotatable bonds is 7. The van der Waals surface area contributed by atoms with E-state index in [0.29, 0.717) is 12.6 Å². The Morgan fingerprint density at radius 1 is 1.45 bits per heavy atom. The molecular weight excluding hydrogens is 274 g/mol. The van der Waals surface area contributed by atoms with Crippen LogP contribution in [0.25, 0.3) is 10.2 Å². The van der Waals surface area contributed by atoms with Crippen molar-refractivity contribution in [2.24, 2.45) is 5.84 Å². The number of hydrogen-bond donors (Lipinski definition) is 3. The number of ether oxygens (including phenoxy) is 1. The summed E-state index contributed by atoms with van der Waals surface area (Å²) in [6.07, 6.45) is 2.10. The lowest BCUT2D eigenvalue weighted by molar-refractivity contribution is 0.182. The lowest BCUT2D eigenvalue weighted by Gasteiger charge is -2.18. The van der Waals surface area contributed by atoms with E-state index in [1.54, 1.807) is 18.4 Å². The van der Waals surface area contributed by atoms with Gasteiger partial charge in [-0.15, -0.1) is 11.3 Å². The highest BCUT2D eigenvalue weighted by Crippen LogP contribution is 2.30. The molecule has 0 saturated carbocycles. The summed E-state index contributed by atoms with van der Waals surface area (Å²) in [7, 11) is 1.71. The first-order chi connectivity index (χ1) is 9.67. The van der Waals surface area contributed by atoms with Gasteiger partial charge in [0.25, 0.3) is 0 Å². The SMILES string of the molecule is CCCC(COC)Nc1nc(NN)nc2sc(C)cc12. The summed E-state index contributed by atoms with van der Waals surface area (Å²) in [5, 5.41) is 4.48. The van der Waals surface area contributed by atoms with Crippen molar-refractivity contribution in [2.45, 2.75) is 32.7 Å². The Morgan fingerprint density at radius 2 is 2.25 bits per heavy atom. The molecule has 2 aromatic heterocycles. The summed E-state index contributed by atoms with van der Waals surface area (Å²) >= 11 is 1.63. The van der Waals surface area contributed by atoms with Crippen LogP contribution in [0.15, 0.2) is 6.07 Å². The highest BCUT2D eigenvalue weighted by Gasteiger charge is 2.14. The molecule has 110 valence electrons. The molecule has 7 heteroatoms. The summed E-state index contributed by atoms with van der Waals surface area (Å²) < 4.78 is 5.26. The molecule has 4 N–H and O–H groups in total. The molecule has 0 fully saturated rings. The van der Waals surface area contributed by atoms with Gasteiger partial charge < -0.3 is 10.1 Å². The number of hydrogen-bond acceptors (Lipinski definition) is 7. The van der Waals surface area contributed by atoms with Crippen molar-refractivity contribution >= 4 is 33.3 Å². The molecule has 0 saturated heterocycles. The summed E-state index contributed by atoms with van der Waals surface area (Å²) in [6.45, 7) is 4.86. The minimum atomic E-state index is 0.230. The van der Waals surface area contributed by atoms with Gasteiger partial charge in [-0.1, -0.05) is 13.3 Å². The molecule has 0 radical (unpaired) electrons. The second-order valence-electron chi connectivity index (χ2n) is 4.70. The Labute approximate surface area is 122 Å². The third-order valence-electron chi connectivity index (χ3n) is 2.99. The molecule has 0 amide bonds. The minimum Gasteiger partial charge on any atom is -0.383 e. The van der Waals surface area contributed by atoms with Gasteiger partial charge in [0.05, 0.1) is 18.0 Å². The van der Waals surface area contributed by atoms with Crippen LogP contribution in [0.5, 0.6) is 0 Å². The fourth-order valence-electron chi connectivity index (χ4n) is 2.16. The monoisotopic (exact) mass is 295 g/mol. The smallest absolute Gasteiger partial charge is 0.240 e. The van der Waals surface area contributed by atoms with E-state index in [9.17, 15) is 0 Å². The van der Waals surface area contributed by atoms with Gasteiger partial charge in [0.15, 0.2) is 0 Å². The lowest BCUT2D eigenvalue weighted by atomic mass is 10.2. The molecule has 6 nitrogen and oxygen atoms in total. The third kappa shape index (κ3) is 3.36. The van der Waals surface area contributed by atoms with Gasteiger partial charge in [0, 0.05) is 12.0 Å². The molecule has 0 spiro atoms. The zero-order chi connectivity index (χ0) is 14.5. The maximum absolute atomic E-state index is 5.44. The van der Waals surface area contributed by atoms with Crippen molar-refractivity contribution in [3.05, 3.63) is 10.9 Å². The van der Waals surface area contributed by atoms with Crippen LogP contribution in [-0.4, -0.2) is 29.7 Å². The number of hydrazine groups is 1. The molecule has 2 aromatic rings. The Hall–Kier alpha value is -1.44. The third-order valence-corrected chi connectivity index (χ3v) is 3.94. The van der Waals surface area contributed by atoms with Gasteiger partial charge >= 0.3 is 0 Å². The normalized spacial score (nSPS) is 12.6. The van der Waals surface area contributed by atoms with E-state index in [1.807, 2.05) is 0 Å². The van der Waals surface area contributed by atoms with E-state index >= 15 is 0 Å². The molecule has 0 bridgehead atoms. The number of nitrogens with zero attached hydrogens (tertiary/aromatic N) is 2. The van der Waals surface area contributed by atoms with E-state index in [2.05, 4.69) is 40.6 Å². The second kappa shape index (κ2) is 6.83. The largest absolute Gasteiger partial charge is 0.383 e. The Kier molecular flexibility index (Phi) is 5.11. The van der Waals surface area contributed by atoms with Crippen LogP contribution in [0.2, 0.25) is 0 Å². The first-order valence-electron chi connectivity index (χ1n) is 6.68.